The van der Waals surface area contributed by atoms with Crippen molar-refractivity contribution in [2.24, 2.45) is 4.99 Å². The summed E-state index contributed by atoms with van der Waals surface area (Å²) in [7, 11) is 0. The summed E-state index contributed by atoms with van der Waals surface area (Å²) in [4.78, 5) is 4.24. The Morgan fingerprint density at radius 3 is 2.85 bits per heavy atom. The number of benzene rings is 1. The maximum absolute atomic E-state index is 9.12. The highest BCUT2D eigenvalue weighted by atomic mass is 16.7. The van der Waals surface area contributed by atoms with E-state index in [9.17, 15) is 0 Å². The Bertz CT molecular complexity index is 738. The first kappa shape index (κ1) is 12.3. The number of aliphatic imine (C=N–C) groups is 1. The van der Waals surface area contributed by atoms with Crippen molar-refractivity contribution in [3.63, 3.8) is 0 Å². The number of hydrogen-bond acceptors (Lipinski definition) is 5. The molecule has 0 atom stereocenters. The molecule has 0 N–H and O–H groups in total. The van der Waals surface area contributed by atoms with Crippen LogP contribution in [0.5, 0.6) is 11.5 Å². The van der Waals surface area contributed by atoms with E-state index in [0.29, 0.717) is 23.0 Å². The fourth-order valence-electron chi connectivity index (χ4n) is 1.96. The van der Waals surface area contributed by atoms with E-state index >= 15 is 0 Å². The normalized spacial score (nSPS) is 12.8. The van der Waals surface area contributed by atoms with Gasteiger partial charge in [0, 0.05) is 11.8 Å². The molecular formula is C15H12N2O3. The number of aryl methyl sites for hydroxylation is 1. The van der Waals surface area contributed by atoms with Gasteiger partial charge in [-0.05, 0) is 37.6 Å². The van der Waals surface area contributed by atoms with Crippen LogP contribution in [0.4, 0.5) is 5.88 Å². The number of nitriles is 1. The number of ether oxygens (including phenoxy) is 2. The molecule has 100 valence electrons. The summed E-state index contributed by atoms with van der Waals surface area (Å²) < 4.78 is 16.0. The molecule has 20 heavy (non-hydrogen) atoms. The molecule has 1 aromatic carbocycles. The van der Waals surface area contributed by atoms with E-state index < -0.39 is 0 Å². The number of rotatable bonds is 2. The summed E-state index contributed by atoms with van der Waals surface area (Å²) in [5.74, 6) is 2.46. The summed E-state index contributed by atoms with van der Waals surface area (Å²) in [6, 6.07) is 7.64. The van der Waals surface area contributed by atoms with Crippen LogP contribution in [-0.2, 0) is 0 Å². The number of hydrogen-bond donors (Lipinski definition) is 0. The van der Waals surface area contributed by atoms with E-state index in [2.05, 4.69) is 11.1 Å². The zero-order valence-electron chi connectivity index (χ0n) is 11.1. The second-order valence-corrected chi connectivity index (χ2v) is 4.45. The molecule has 1 aliphatic rings. The Kier molecular flexibility index (Phi) is 2.92. The third-order valence-corrected chi connectivity index (χ3v) is 3.21. The number of nitrogens with zero attached hydrogens (tertiary/aromatic N) is 2. The van der Waals surface area contributed by atoms with Gasteiger partial charge in [0.1, 0.15) is 17.4 Å². The minimum absolute atomic E-state index is 0.241. The monoisotopic (exact) mass is 268 g/mol. The highest BCUT2D eigenvalue weighted by Gasteiger charge is 2.14. The van der Waals surface area contributed by atoms with Crippen LogP contribution >= 0.6 is 0 Å². The Morgan fingerprint density at radius 1 is 1.25 bits per heavy atom. The fourth-order valence-corrected chi connectivity index (χ4v) is 1.96. The van der Waals surface area contributed by atoms with E-state index in [0.717, 1.165) is 16.9 Å². The van der Waals surface area contributed by atoms with Gasteiger partial charge < -0.3 is 13.9 Å². The van der Waals surface area contributed by atoms with Crippen molar-refractivity contribution in [2.45, 2.75) is 13.8 Å². The molecule has 0 unspecified atom stereocenters. The quantitative estimate of drug-likeness (QED) is 0.784. The molecule has 0 radical (unpaired) electrons. The van der Waals surface area contributed by atoms with Gasteiger partial charge >= 0.3 is 0 Å². The zero-order valence-corrected chi connectivity index (χ0v) is 11.1. The molecule has 1 aliphatic heterocycles. The molecule has 1 aromatic heterocycles. The maximum atomic E-state index is 9.12. The zero-order chi connectivity index (χ0) is 14.1. The van der Waals surface area contributed by atoms with Crippen LogP contribution in [0.2, 0.25) is 0 Å². The van der Waals surface area contributed by atoms with Crippen LogP contribution < -0.4 is 9.47 Å². The minimum atomic E-state index is 0.241. The molecule has 3 rings (SSSR count). The van der Waals surface area contributed by atoms with E-state index in [1.54, 1.807) is 6.21 Å². The predicted molar refractivity (Wildman–Crippen MR) is 72.7 cm³/mol. The Morgan fingerprint density at radius 2 is 2.05 bits per heavy atom. The molecule has 0 bridgehead atoms. The molecule has 0 spiro atoms. The molecule has 0 fully saturated rings. The van der Waals surface area contributed by atoms with Gasteiger partial charge in [-0.15, -0.1) is 0 Å². The van der Waals surface area contributed by atoms with Gasteiger partial charge in [0.2, 0.25) is 12.7 Å². The van der Waals surface area contributed by atoms with Crippen molar-refractivity contribution in [3.8, 4) is 17.6 Å². The first-order valence-electron chi connectivity index (χ1n) is 6.13. The second kappa shape index (κ2) is 4.74. The van der Waals surface area contributed by atoms with Crippen molar-refractivity contribution in [3.05, 3.63) is 40.6 Å². The lowest BCUT2D eigenvalue weighted by Gasteiger charge is -1.96. The average molecular weight is 268 g/mol. The summed E-state index contributed by atoms with van der Waals surface area (Å²) in [6.07, 6.45) is 1.64. The van der Waals surface area contributed by atoms with Crippen molar-refractivity contribution in [2.75, 3.05) is 6.79 Å². The minimum Gasteiger partial charge on any atom is -0.454 e. The average Bonchev–Trinajstić information content (AvgIpc) is 3.01. The lowest BCUT2D eigenvalue weighted by atomic mass is 10.2. The lowest BCUT2D eigenvalue weighted by molar-refractivity contribution is 0.174. The van der Waals surface area contributed by atoms with Crippen molar-refractivity contribution in [1.29, 1.82) is 5.26 Å². The van der Waals surface area contributed by atoms with Gasteiger partial charge in [-0.3, -0.25) is 0 Å². The molecule has 0 amide bonds. The topological polar surface area (TPSA) is 67.8 Å². The Labute approximate surface area is 116 Å². The maximum Gasteiger partial charge on any atom is 0.237 e. The molecule has 2 aromatic rings. The molecule has 5 nitrogen and oxygen atoms in total. The summed E-state index contributed by atoms with van der Waals surface area (Å²) in [5.41, 5.74) is 2.15. The van der Waals surface area contributed by atoms with Gasteiger partial charge in [0.05, 0.1) is 0 Å². The van der Waals surface area contributed by atoms with Crippen molar-refractivity contribution >= 4 is 12.1 Å². The third kappa shape index (κ3) is 2.01. The van der Waals surface area contributed by atoms with Crippen LogP contribution in [-0.4, -0.2) is 13.0 Å². The summed E-state index contributed by atoms with van der Waals surface area (Å²) >= 11 is 0. The largest absolute Gasteiger partial charge is 0.454 e. The van der Waals surface area contributed by atoms with Gasteiger partial charge in [0.25, 0.3) is 0 Å². The number of fused-ring (bicyclic) bond motifs is 1. The fraction of sp³-hybridized carbons (Fsp3) is 0.200. The van der Waals surface area contributed by atoms with Crippen molar-refractivity contribution < 1.29 is 13.9 Å². The molecule has 0 saturated heterocycles. The molecule has 5 heteroatoms. The Balaban J connectivity index is 1.91. The summed E-state index contributed by atoms with van der Waals surface area (Å²) in [6.45, 7) is 3.90. The smallest absolute Gasteiger partial charge is 0.237 e. The standard InChI is InChI=1S/C15H12N2O3/c1-9-10(2)20-15(12(9)6-16)17-7-11-3-4-13-14(5-11)19-8-18-13/h3-5,7H,8H2,1-2H3/b17-7+. The van der Waals surface area contributed by atoms with E-state index in [4.69, 9.17) is 19.2 Å². The highest BCUT2D eigenvalue weighted by Crippen LogP contribution is 2.32. The molecule has 2 heterocycles. The van der Waals surface area contributed by atoms with Crippen LogP contribution in [0.1, 0.15) is 22.5 Å². The van der Waals surface area contributed by atoms with Gasteiger partial charge in [-0.1, -0.05) is 0 Å². The molecule has 0 aliphatic carbocycles. The SMILES string of the molecule is Cc1oc(/N=C/c2ccc3c(c2)OCO3)c(C#N)c1C. The molecular weight excluding hydrogens is 256 g/mol. The second-order valence-electron chi connectivity index (χ2n) is 4.45. The molecule has 0 saturated carbocycles. The van der Waals surface area contributed by atoms with E-state index in [1.165, 1.54) is 0 Å². The first-order chi connectivity index (χ1) is 9.69. The Hall–Kier alpha value is -2.74. The van der Waals surface area contributed by atoms with Gasteiger partial charge in [0.15, 0.2) is 11.5 Å². The van der Waals surface area contributed by atoms with Gasteiger partial charge in [-0.25, -0.2) is 4.99 Å². The number of furan rings is 1. The highest BCUT2D eigenvalue weighted by molar-refractivity contribution is 5.83. The van der Waals surface area contributed by atoms with Crippen LogP contribution in [0.25, 0.3) is 0 Å². The van der Waals surface area contributed by atoms with Gasteiger partial charge in [-0.2, -0.15) is 5.26 Å². The lowest BCUT2D eigenvalue weighted by Crippen LogP contribution is -1.92. The van der Waals surface area contributed by atoms with Crippen molar-refractivity contribution in [1.82, 2.24) is 0 Å². The van der Waals surface area contributed by atoms with Crippen LogP contribution in [0.3, 0.4) is 0 Å². The first-order valence-corrected chi connectivity index (χ1v) is 6.13. The van der Waals surface area contributed by atoms with Crippen LogP contribution in [0.15, 0.2) is 27.6 Å². The third-order valence-electron chi connectivity index (χ3n) is 3.21. The van der Waals surface area contributed by atoms with E-state index in [1.807, 2.05) is 32.0 Å². The van der Waals surface area contributed by atoms with E-state index in [-0.39, 0.29) is 6.79 Å². The van der Waals surface area contributed by atoms with Crippen LogP contribution in [0, 0.1) is 25.2 Å². The predicted octanol–water partition coefficient (Wildman–Crippen LogP) is 3.25. The summed E-state index contributed by atoms with van der Waals surface area (Å²) in [5, 5.41) is 9.12.